The van der Waals surface area contributed by atoms with Gasteiger partial charge in [-0.05, 0) is 30.3 Å². The molecule has 1 aromatic heterocycles. The highest BCUT2D eigenvalue weighted by Gasteiger charge is 2.39. The lowest BCUT2D eigenvalue weighted by molar-refractivity contribution is -0.109. The second-order valence-corrected chi connectivity index (χ2v) is 10.5. The highest BCUT2D eigenvalue weighted by molar-refractivity contribution is 6.74. The van der Waals surface area contributed by atoms with Gasteiger partial charge in [-0.2, -0.15) is 0 Å². The number of rotatable bonds is 5. The molecule has 1 aromatic rings. The maximum Gasteiger partial charge on any atom is 0.193 e. The van der Waals surface area contributed by atoms with Crippen molar-refractivity contribution in [2.75, 3.05) is 0 Å². The third-order valence-corrected chi connectivity index (χ3v) is 7.90. The zero-order valence-electron chi connectivity index (χ0n) is 11.3. The lowest BCUT2D eigenvalue weighted by Crippen LogP contribution is -2.41. The Morgan fingerprint density at radius 1 is 1.47 bits per heavy atom. The molecule has 3 nitrogen and oxygen atoms in total. The predicted octanol–water partition coefficient (Wildman–Crippen LogP) is 3.93. The molecule has 0 saturated heterocycles. The van der Waals surface area contributed by atoms with Crippen molar-refractivity contribution in [3.63, 3.8) is 0 Å². The summed E-state index contributed by atoms with van der Waals surface area (Å²) in [6.45, 7) is 10.9. The summed E-state index contributed by atoms with van der Waals surface area (Å²) in [7, 11) is -1.88. The summed E-state index contributed by atoms with van der Waals surface area (Å²) in [6, 6.07) is 3.68. The third kappa shape index (κ3) is 3.54. The number of furan rings is 1. The second kappa shape index (κ2) is 5.19. The number of carbonyl (C=O) groups excluding carboxylic acids is 1. The lowest BCUT2D eigenvalue weighted by Gasteiger charge is -2.38. The van der Waals surface area contributed by atoms with Gasteiger partial charge in [0.15, 0.2) is 8.32 Å². The molecule has 96 valence electrons. The summed E-state index contributed by atoms with van der Waals surface area (Å²) >= 11 is 0. The molecule has 0 bridgehead atoms. The van der Waals surface area contributed by atoms with Gasteiger partial charge in [-0.25, -0.2) is 0 Å². The molecule has 0 spiro atoms. The van der Waals surface area contributed by atoms with E-state index in [2.05, 4.69) is 33.9 Å². The van der Waals surface area contributed by atoms with E-state index < -0.39 is 8.32 Å². The summed E-state index contributed by atoms with van der Waals surface area (Å²) in [5, 5.41) is 0.126. The quantitative estimate of drug-likeness (QED) is 0.590. The van der Waals surface area contributed by atoms with E-state index in [4.69, 9.17) is 8.84 Å². The summed E-state index contributed by atoms with van der Waals surface area (Å²) in [4.78, 5) is 10.7. The molecular formula is C13H22O3Si. The Hall–Kier alpha value is -0.873. The van der Waals surface area contributed by atoms with Crippen LogP contribution in [0.5, 0.6) is 0 Å². The first-order valence-electron chi connectivity index (χ1n) is 5.93. The number of aldehydes is 1. The first-order chi connectivity index (χ1) is 7.78. The average Bonchev–Trinajstić information content (AvgIpc) is 2.67. The minimum atomic E-state index is -1.88. The molecule has 0 N–H and O–H groups in total. The number of carbonyl (C=O) groups is 1. The zero-order chi connectivity index (χ0) is 13.1. The van der Waals surface area contributed by atoms with Gasteiger partial charge in [-0.1, -0.05) is 20.8 Å². The van der Waals surface area contributed by atoms with Crippen LogP contribution in [0.4, 0.5) is 0 Å². The van der Waals surface area contributed by atoms with Crippen molar-refractivity contribution in [1.82, 2.24) is 0 Å². The molecule has 1 atom stereocenters. The summed E-state index contributed by atoms with van der Waals surface area (Å²) in [5.41, 5.74) is 0. The number of hydrogen-bond acceptors (Lipinski definition) is 3. The molecule has 1 heterocycles. The second-order valence-electron chi connectivity index (χ2n) is 5.78. The standard InChI is InChI=1S/C13H22O3Si/c1-13(2,3)17(4,5)16-12(8-9-14)11-7-6-10-15-11/h6-7,9-10,12H,8H2,1-5H3. The van der Waals surface area contributed by atoms with Crippen molar-refractivity contribution in [2.45, 2.75) is 51.4 Å². The predicted molar refractivity (Wildman–Crippen MR) is 70.4 cm³/mol. The van der Waals surface area contributed by atoms with Crippen LogP contribution in [0.2, 0.25) is 18.1 Å². The highest BCUT2D eigenvalue weighted by atomic mass is 28.4. The van der Waals surface area contributed by atoms with E-state index in [1.165, 1.54) is 0 Å². The average molecular weight is 254 g/mol. The first kappa shape index (κ1) is 14.2. The van der Waals surface area contributed by atoms with Crippen LogP contribution >= 0.6 is 0 Å². The molecule has 0 amide bonds. The van der Waals surface area contributed by atoms with Crippen LogP contribution in [0.3, 0.4) is 0 Å². The molecular weight excluding hydrogens is 232 g/mol. The van der Waals surface area contributed by atoms with E-state index in [0.29, 0.717) is 6.42 Å². The molecule has 1 rings (SSSR count). The van der Waals surface area contributed by atoms with Gasteiger partial charge in [0.05, 0.1) is 6.26 Å². The molecule has 0 aliphatic rings. The molecule has 0 radical (unpaired) electrons. The molecule has 0 aliphatic heterocycles. The van der Waals surface area contributed by atoms with Crippen LogP contribution in [0.15, 0.2) is 22.8 Å². The zero-order valence-corrected chi connectivity index (χ0v) is 12.3. The smallest absolute Gasteiger partial charge is 0.193 e. The highest BCUT2D eigenvalue weighted by Crippen LogP contribution is 2.40. The van der Waals surface area contributed by atoms with Gasteiger partial charge < -0.3 is 13.6 Å². The van der Waals surface area contributed by atoms with E-state index >= 15 is 0 Å². The van der Waals surface area contributed by atoms with Crippen molar-refractivity contribution in [2.24, 2.45) is 0 Å². The fraction of sp³-hybridized carbons (Fsp3) is 0.615. The van der Waals surface area contributed by atoms with Gasteiger partial charge >= 0.3 is 0 Å². The van der Waals surface area contributed by atoms with Gasteiger partial charge in [0, 0.05) is 6.42 Å². The molecule has 0 saturated carbocycles. The van der Waals surface area contributed by atoms with Crippen LogP contribution in [0.1, 0.15) is 39.1 Å². The SMILES string of the molecule is CC(C)(C)[Si](C)(C)OC(CC=O)c1ccco1. The minimum Gasteiger partial charge on any atom is -0.467 e. The van der Waals surface area contributed by atoms with Crippen LogP contribution in [-0.2, 0) is 9.22 Å². The molecule has 17 heavy (non-hydrogen) atoms. The van der Waals surface area contributed by atoms with E-state index in [1.54, 1.807) is 6.26 Å². The molecule has 0 aromatic carbocycles. The maximum absolute atomic E-state index is 10.7. The van der Waals surface area contributed by atoms with Crippen molar-refractivity contribution in [3.8, 4) is 0 Å². The van der Waals surface area contributed by atoms with E-state index in [-0.39, 0.29) is 11.1 Å². The van der Waals surface area contributed by atoms with Crippen LogP contribution in [0, 0.1) is 0 Å². The third-order valence-electron chi connectivity index (χ3n) is 3.41. The van der Waals surface area contributed by atoms with Crippen molar-refractivity contribution in [1.29, 1.82) is 0 Å². The minimum absolute atomic E-state index is 0.126. The van der Waals surface area contributed by atoms with Gasteiger partial charge in [0.1, 0.15) is 18.2 Å². The molecule has 0 fully saturated rings. The van der Waals surface area contributed by atoms with Gasteiger partial charge in [0.2, 0.25) is 0 Å². The van der Waals surface area contributed by atoms with Gasteiger partial charge in [-0.15, -0.1) is 0 Å². The van der Waals surface area contributed by atoms with E-state index in [1.807, 2.05) is 12.1 Å². The van der Waals surface area contributed by atoms with E-state index in [9.17, 15) is 4.79 Å². The van der Waals surface area contributed by atoms with Crippen molar-refractivity contribution >= 4 is 14.6 Å². The Labute approximate surface area is 104 Å². The molecule has 4 heteroatoms. The Morgan fingerprint density at radius 2 is 2.12 bits per heavy atom. The summed E-state index contributed by atoms with van der Waals surface area (Å²) < 4.78 is 11.5. The van der Waals surface area contributed by atoms with Crippen molar-refractivity contribution < 1.29 is 13.6 Å². The molecule has 0 aliphatic carbocycles. The summed E-state index contributed by atoms with van der Waals surface area (Å²) in [5.74, 6) is 0.738. The topological polar surface area (TPSA) is 39.4 Å². The van der Waals surface area contributed by atoms with Crippen LogP contribution in [0.25, 0.3) is 0 Å². The Kier molecular flexibility index (Phi) is 4.33. The summed E-state index contributed by atoms with van der Waals surface area (Å²) in [6.07, 6.45) is 2.60. The van der Waals surface area contributed by atoms with Crippen molar-refractivity contribution in [3.05, 3.63) is 24.2 Å². The number of hydrogen-bond donors (Lipinski definition) is 0. The Morgan fingerprint density at radius 3 is 2.53 bits per heavy atom. The Bertz CT molecular complexity index is 349. The van der Waals surface area contributed by atoms with Crippen LogP contribution < -0.4 is 0 Å². The van der Waals surface area contributed by atoms with E-state index in [0.717, 1.165) is 12.0 Å². The monoisotopic (exact) mass is 254 g/mol. The fourth-order valence-electron chi connectivity index (χ4n) is 1.32. The van der Waals surface area contributed by atoms with Gasteiger partial charge in [-0.3, -0.25) is 0 Å². The van der Waals surface area contributed by atoms with Crippen LogP contribution in [-0.4, -0.2) is 14.6 Å². The fourth-order valence-corrected chi connectivity index (χ4v) is 2.59. The lowest BCUT2D eigenvalue weighted by atomic mass is 10.2. The maximum atomic E-state index is 10.7. The van der Waals surface area contributed by atoms with Gasteiger partial charge in [0.25, 0.3) is 0 Å². The largest absolute Gasteiger partial charge is 0.467 e. The Balaban J connectivity index is 2.85. The molecule has 1 unspecified atom stereocenters. The normalized spacial score (nSPS) is 14.6. The first-order valence-corrected chi connectivity index (χ1v) is 8.83.